The van der Waals surface area contributed by atoms with Crippen LogP contribution in [0.2, 0.25) is 0 Å². The molecule has 1 atom stereocenters. The van der Waals surface area contributed by atoms with Crippen LogP contribution >= 0.6 is 0 Å². The molecular formula is C58H98O6. The van der Waals surface area contributed by atoms with Crippen molar-refractivity contribution in [3.63, 3.8) is 0 Å². The smallest absolute Gasteiger partial charge is 0.306 e. The Balaban J connectivity index is 4.44. The van der Waals surface area contributed by atoms with Gasteiger partial charge >= 0.3 is 17.9 Å². The topological polar surface area (TPSA) is 78.9 Å². The number of unbranched alkanes of at least 4 members (excludes halogenated alkanes) is 26. The number of hydrogen-bond acceptors (Lipinski definition) is 6. The molecule has 0 aliphatic heterocycles. The lowest BCUT2D eigenvalue weighted by molar-refractivity contribution is -0.167. The van der Waals surface area contributed by atoms with E-state index in [1.54, 1.807) is 0 Å². The molecule has 0 aliphatic rings. The molecule has 0 spiro atoms. The lowest BCUT2D eigenvalue weighted by Crippen LogP contribution is -2.30. The van der Waals surface area contributed by atoms with E-state index in [4.69, 9.17) is 14.2 Å². The van der Waals surface area contributed by atoms with Gasteiger partial charge in [0.25, 0.3) is 0 Å². The number of esters is 3. The normalized spacial score (nSPS) is 12.7. The zero-order chi connectivity index (χ0) is 46.5. The van der Waals surface area contributed by atoms with E-state index in [9.17, 15) is 14.4 Å². The third-order valence-electron chi connectivity index (χ3n) is 11.2. The van der Waals surface area contributed by atoms with Gasteiger partial charge in [0.1, 0.15) is 13.2 Å². The van der Waals surface area contributed by atoms with Crippen molar-refractivity contribution in [2.24, 2.45) is 0 Å². The number of carbonyl (C=O) groups is 3. The second-order valence-electron chi connectivity index (χ2n) is 17.5. The summed E-state index contributed by atoms with van der Waals surface area (Å²) in [4.78, 5) is 38.0. The molecule has 366 valence electrons. The third kappa shape index (κ3) is 49.6. The van der Waals surface area contributed by atoms with Gasteiger partial charge in [0.05, 0.1) is 0 Å². The number of ether oxygens (including phenoxy) is 3. The maximum Gasteiger partial charge on any atom is 0.306 e. The molecule has 0 aromatic heterocycles. The minimum atomic E-state index is -0.790. The van der Waals surface area contributed by atoms with E-state index in [2.05, 4.69) is 81.5 Å². The van der Waals surface area contributed by atoms with Crippen molar-refractivity contribution in [1.29, 1.82) is 0 Å². The Kier molecular flexibility index (Phi) is 49.4. The van der Waals surface area contributed by atoms with Gasteiger partial charge in [-0.3, -0.25) is 14.4 Å². The van der Waals surface area contributed by atoms with Gasteiger partial charge in [-0.2, -0.15) is 0 Å². The molecule has 0 saturated carbocycles. The van der Waals surface area contributed by atoms with E-state index in [1.165, 1.54) is 103 Å². The highest BCUT2D eigenvalue weighted by Gasteiger charge is 2.19. The summed E-state index contributed by atoms with van der Waals surface area (Å²) in [5.41, 5.74) is 0. The van der Waals surface area contributed by atoms with Gasteiger partial charge in [0.2, 0.25) is 0 Å². The Morgan fingerprint density at radius 2 is 0.703 bits per heavy atom. The van der Waals surface area contributed by atoms with E-state index in [1.807, 2.05) is 24.3 Å². The highest BCUT2D eigenvalue weighted by atomic mass is 16.6. The average Bonchev–Trinajstić information content (AvgIpc) is 3.29. The van der Waals surface area contributed by atoms with Crippen LogP contribution in [0.3, 0.4) is 0 Å². The molecule has 0 aromatic rings. The predicted octanol–water partition coefficient (Wildman–Crippen LogP) is 17.6. The lowest BCUT2D eigenvalue weighted by Gasteiger charge is -2.18. The van der Waals surface area contributed by atoms with Crippen molar-refractivity contribution in [1.82, 2.24) is 0 Å². The molecule has 0 aliphatic carbocycles. The van der Waals surface area contributed by atoms with Crippen molar-refractivity contribution in [2.45, 2.75) is 252 Å². The third-order valence-corrected chi connectivity index (χ3v) is 11.2. The quantitative estimate of drug-likeness (QED) is 0.0199. The highest BCUT2D eigenvalue weighted by Crippen LogP contribution is 2.15. The molecule has 6 heteroatoms. The summed E-state index contributed by atoms with van der Waals surface area (Å²) in [6.07, 6.45) is 67.0. The van der Waals surface area contributed by atoms with Gasteiger partial charge in [0.15, 0.2) is 6.10 Å². The Bertz CT molecular complexity index is 1250. The SMILES string of the molecule is CC/C=C\C/C=C\CCCCCCCCCC(=O)OC(COC(=O)CCCCCCC\C=C/C=C\C=C/C=C\C=C/CCC)COC(=O)CCCCCCCCCCCCCCCC. The molecule has 0 bridgehead atoms. The van der Waals surface area contributed by atoms with E-state index in [-0.39, 0.29) is 31.1 Å². The molecule has 0 heterocycles. The summed E-state index contributed by atoms with van der Waals surface area (Å²) in [6, 6.07) is 0. The van der Waals surface area contributed by atoms with Crippen LogP contribution in [0.1, 0.15) is 245 Å². The second-order valence-corrected chi connectivity index (χ2v) is 17.5. The van der Waals surface area contributed by atoms with Crippen LogP contribution in [0.4, 0.5) is 0 Å². The zero-order valence-electron chi connectivity index (χ0n) is 41.8. The van der Waals surface area contributed by atoms with Gasteiger partial charge in [-0.1, -0.05) is 247 Å². The first kappa shape index (κ1) is 60.6. The van der Waals surface area contributed by atoms with Crippen molar-refractivity contribution in [3.05, 3.63) is 85.1 Å². The van der Waals surface area contributed by atoms with Crippen molar-refractivity contribution in [3.8, 4) is 0 Å². The molecule has 0 fully saturated rings. The molecule has 0 amide bonds. The first-order valence-corrected chi connectivity index (χ1v) is 26.7. The number of rotatable bonds is 47. The van der Waals surface area contributed by atoms with Gasteiger partial charge in [0, 0.05) is 19.3 Å². The monoisotopic (exact) mass is 891 g/mol. The molecule has 0 radical (unpaired) electrons. The van der Waals surface area contributed by atoms with Crippen LogP contribution in [0.5, 0.6) is 0 Å². The maximum atomic E-state index is 12.8. The molecular weight excluding hydrogens is 793 g/mol. The van der Waals surface area contributed by atoms with E-state index in [0.717, 1.165) is 103 Å². The van der Waals surface area contributed by atoms with E-state index < -0.39 is 6.10 Å². The van der Waals surface area contributed by atoms with Gasteiger partial charge in [-0.15, -0.1) is 0 Å². The molecule has 0 N–H and O–H groups in total. The van der Waals surface area contributed by atoms with Crippen LogP contribution in [0.15, 0.2) is 85.1 Å². The molecule has 0 aromatic carbocycles. The van der Waals surface area contributed by atoms with E-state index >= 15 is 0 Å². The summed E-state index contributed by atoms with van der Waals surface area (Å²) in [6.45, 7) is 6.42. The average molecular weight is 891 g/mol. The molecule has 0 saturated heterocycles. The number of allylic oxidation sites excluding steroid dienone is 14. The Labute approximate surface area is 395 Å². The predicted molar refractivity (Wildman–Crippen MR) is 274 cm³/mol. The fourth-order valence-corrected chi connectivity index (χ4v) is 7.27. The van der Waals surface area contributed by atoms with Crippen LogP contribution in [0, 0.1) is 0 Å². The van der Waals surface area contributed by atoms with Crippen LogP contribution in [-0.2, 0) is 28.6 Å². The summed E-state index contributed by atoms with van der Waals surface area (Å²) in [5.74, 6) is -0.918. The molecule has 1 unspecified atom stereocenters. The Hall–Kier alpha value is -3.41. The summed E-state index contributed by atoms with van der Waals surface area (Å²) >= 11 is 0. The maximum absolute atomic E-state index is 12.8. The largest absolute Gasteiger partial charge is 0.462 e. The van der Waals surface area contributed by atoms with Crippen LogP contribution < -0.4 is 0 Å². The Morgan fingerprint density at radius 1 is 0.344 bits per heavy atom. The van der Waals surface area contributed by atoms with Crippen molar-refractivity contribution >= 4 is 17.9 Å². The first-order valence-electron chi connectivity index (χ1n) is 26.7. The standard InChI is InChI=1S/C58H98O6/c1-4-7-10-13-16-19-22-25-28-29-30-31-34-36-39-42-45-48-51-57(60)63-54-55(64-58(61)52-49-46-43-40-37-33-27-24-21-18-15-12-9-6-3)53-62-56(59)50-47-44-41-38-35-32-26-23-20-17-14-11-8-5-2/h9-10,12-13,16,18-19,21-22,25,28-31,55H,4-8,11,14-15,17,20,23-24,26-27,32-54H2,1-3H3/b12-9-,13-10-,19-16-,21-18-,25-22-,29-28-,31-30-. The Morgan fingerprint density at radius 3 is 1.14 bits per heavy atom. The van der Waals surface area contributed by atoms with Crippen LogP contribution in [0.25, 0.3) is 0 Å². The van der Waals surface area contributed by atoms with Gasteiger partial charge in [-0.05, 0) is 64.2 Å². The summed E-state index contributed by atoms with van der Waals surface area (Å²) in [5, 5.41) is 0. The first-order chi connectivity index (χ1) is 31.5. The fraction of sp³-hybridized carbons (Fsp3) is 0.707. The minimum absolute atomic E-state index is 0.0869. The van der Waals surface area contributed by atoms with Crippen LogP contribution in [-0.4, -0.2) is 37.2 Å². The summed E-state index contributed by atoms with van der Waals surface area (Å²) in [7, 11) is 0. The number of hydrogen-bond donors (Lipinski definition) is 0. The van der Waals surface area contributed by atoms with Crippen molar-refractivity contribution in [2.75, 3.05) is 13.2 Å². The van der Waals surface area contributed by atoms with Gasteiger partial charge < -0.3 is 14.2 Å². The number of carbonyl (C=O) groups excluding carboxylic acids is 3. The molecule has 64 heavy (non-hydrogen) atoms. The second kappa shape index (κ2) is 52.2. The fourth-order valence-electron chi connectivity index (χ4n) is 7.27. The molecule has 6 nitrogen and oxygen atoms in total. The minimum Gasteiger partial charge on any atom is -0.462 e. The zero-order valence-corrected chi connectivity index (χ0v) is 41.8. The lowest BCUT2D eigenvalue weighted by atomic mass is 10.0. The van der Waals surface area contributed by atoms with Crippen molar-refractivity contribution < 1.29 is 28.6 Å². The van der Waals surface area contributed by atoms with E-state index in [0.29, 0.717) is 19.3 Å². The highest BCUT2D eigenvalue weighted by molar-refractivity contribution is 5.71. The van der Waals surface area contributed by atoms with Gasteiger partial charge in [-0.25, -0.2) is 0 Å². The molecule has 0 rings (SSSR count). The summed E-state index contributed by atoms with van der Waals surface area (Å²) < 4.78 is 16.8.